The van der Waals surface area contributed by atoms with Crippen molar-refractivity contribution >= 4 is 37.8 Å². The van der Waals surface area contributed by atoms with Crippen molar-refractivity contribution in [2.45, 2.75) is 19.8 Å². The maximum atomic E-state index is 12.0. The zero-order valence-corrected chi connectivity index (χ0v) is 14.4. The molecule has 0 aliphatic heterocycles. The predicted molar refractivity (Wildman–Crippen MR) is 85.2 cm³/mol. The second kappa shape index (κ2) is 8.59. The van der Waals surface area contributed by atoms with E-state index in [9.17, 15) is 4.79 Å². The molecule has 0 heterocycles. The van der Waals surface area contributed by atoms with Crippen molar-refractivity contribution in [3.05, 3.63) is 28.2 Å². The molecule has 1 unspecified atom stereocenters. The second-order valence-electron chi connectivity index (χ2n) is 4.50. The van der Waals surface area contributed by atoms with Gasteiger partial charge in [0.25, 0.3) is 5.91 Å². The Kier molecular flexibility index (Phi) is 7.46. The van der Waals surface area contributed by atoms with E-state index in [2.05, 4.69) is 44.1 Å². The smallest absolute Gasteiger partial charge is 0.255 e. The highest BCUT2D eigenvalue weighted by molar-refractivity contribution is 9.10. The van der Waals surface area contributed by atoms with Crippen molar-refractivity contribution in [2.24, 2.45) is 5.92 Å². The van der Waals surface area contributed by atoms with Gasteiger partial charge in [0.2, 0.25) is 0 Å². The molecule has 106 valence electrons. The summed E-state index contributed by atoms with van der Waals surface area (Å²) in [7, 11) is 1.57. The first-order valence-corrected chi connectivity index (χ1v) is 8.17. The van der Waals surface area contributed by atoms with Crippen LogP contribution in [-0.4, -0.2) is 24.9 Å². The summed E-state index contributed by atoms with van der Waals surface area (Å²) in [6, 6.07) is 5.39. The number of methoxy groups -OCH3 is 1. The van der Waals surface area contributed by atoms with Crippen LogP contribution in [0.15, 0.2) is 22.7 Å². The van der Waals surface area contributed by atoms with Crippen molar-refractivity contribution < 1.29 is 9.53 Å². The molecular formula is C14H19Br2NO2. The van der Waals surface area contributed by atoms with Gasteiger partial charge in [-0.15, -0.1) is 0 Å². The first-order valence-electron chi connectivity index (χ1n) is 6.26. The van der Waals surface area contributed by atoms with Crippen LogP contribution in [0.4, 0.5) is 0 Å². The van der Waals surface area contributed by atoms with Gasteiger partial charge in [-0.3, -0.25) is 4.79 Å². The monoisotopic (exact) mass is 391 g/mol. The Labute approximate surface area is 131 Å². The van der Waals surface area contributed by atoms with Crippen molar-refractivity contribution in [2.75, 3.05) is 19.0 Å². The normalized spacial score (nSPS) is 12.0. The van der Waals surface area contributed by atoms with E-state index >= 15 is 0 Å². The minimum absolute atomic E-state index is 0.0872. The predicted octanol–water partition coefficient (Wildman–Crippen LogP) is 4.00. The number of amides is 1. The Morgan fingerprint density at radius 3 is 2.84 bits per heavy atom. The summed E-state index contributed by atoms with van der Waals surface area (Å²) in [6.07, 6.45) is 2.08. The molecular weight excluding hydrogens is 374 g/mol. The molecule has 0 aliphatic rings. The molecule has 1 aromatic carbocycles. The molecule has 0 saturated heterocycles. The van der Waals surface area contributed by atoms with Gasteiger partial charge in [0.15, 0.2) is 0 Å². The summed E-state index contributed by atoms with van der Waals surface area (Å²) < 4.78 is 6.11. The van der Waals surface area contributed by atoms with E-state index in [0.29, 0.717) is 23.8 Å². The number of alkyl halides is 1. The molecule has 0 fully saturated rings. The summed E-state index contributed by atoms with van der Waals surface area (Å²) in [5.41, 5.74) is 0.569. The summed E-state index contributed by atoms with van der Waals surface area (Å²) in [4.78, 5) is 12.0. The third kappa shape index (κ3) is 5.53. The SMILES string of the molecule is COc1cc(Br)ccc1C(=O)NCCCC(C)CBr. The highest BCUT2D eigenvalue weighted by atomic mass is 79.9. The molecule has 19 heavy (non-hydrogen) atoms. The van der Waals surface area contributed by atoms with E-state index in [1.54, 1.807) is 19.2 Å². The quantitative estimate of drug-likeness (QED) is 0.562. The van der Waals surface area contributed by atoms with Crippen LogP contribution in [0.25, 0.3) is 0 Å². The number of hydrogen-bond acceptors (Lipinski definition) is 2. The highest BCUT2D eigenvalue weighted by Gasteiger charge is 2.12. The van der Waals surface area contributed by atoms with Gasteiger partial charge in [-0.1, -0.05) is 38.8 Å². The van der Waals surface area contributed by atoms with Crippen LogP contribution in [0.5, 0.6) is 5.75 Å². The average Bonchev–Trinajstić information content (AvgIpc) is 2.42. The molecule has 0 spiro atoms. The largest absolute Gasteiger partial charge is 0.496 e. The lowest BCUT2D eigenvalue weighted by Crippen LogP contribution is -2.25. The minimum atomic E-state index is -0.0872. The van der Waals surface area contributed by atoms with E-state index in [1.165, 1.54) is 0 Å². The van der Waals surface area contributed by atoms with E-state index in [-0.39, 0.29) is 5.91 Å². The number of nitrogens with one attached hydrogen (secondary N) is 1. The standard InChI is InChI=1S/C14H19Br2NO2/c1-10(9-15)4-3-7-17-14(18)12-6-5-11(16)8-13(12)19-2/h5-6,8,10H,3-4,7,9H2,1-2H3,(H,17,18). The molecule has 0 aliphatic carbocycles. The lowest BCUT2D eigenvalue weighted by Gasteiger charge is -2.11. The maximum Gasteiger partial charge on any atom is 0.255 e. The molecule has 1 rings (SSSR count). The molecule has 0 bridgehead atoms. The number of carbonyl (C=O) groups excluding carboxylic acids is 1. The summed E-state index contributed by atoms with van der Waals surface area (Å²) >= 11 is 6.81. The summed E-state index contributed by atoms with van der Waals surface area (Å²) in [6.45, 7) is 2.88. The van der Waals surface area contributed by atoms with Crippen LogP contribution in [-0.2, 0) is 0 Å². The van der Waals surface area contributed by atoms with E-state index in [0.717, 1.165) is 22.6 Å². The molecule has 1 atom stereocenters. The van der Waals surface area contributed by atoms with Gasteiger partial charge in [-0.2, -0.15) is 0 Å². The highest BCUT2D eigenvalue weighted by Crippen LogP contribution is 2.23. The lowest BCUT2D eigenvalue weighted by molar-refractivity contribution is 0.0949. The van der Waals surface area contributed by atoms with Crippen LogP contribution in [0.3, 0.4) is 0 Å². The number of benzene rings is 1. The van der Waals surface area contributed by atoms with E-state index in [4.69, 9.17) is 4.74 Å². The van der Waals surface area contributed by atoms with Crippen LogP contribution >= 0.6 is 31.9 Å². The first kappa shape index (κ1) is 16.5. The van der Waals surface area contributed by atoms with Crippen LogP contribution in [0, 0.1) is 5.92 Å². The minimum Gasteiger partial charge on any atom is -0.496 e. The van der Waals surface area contributed by atoms with E-state index in [1.807, 2.05) is 6.07 Å². The first-order chi connectivity index (χ1) is 9.08. The van der Waals surface area contributed by atoms with Crippen molar-refractivity contribution in [1.82, 2.24) is 5.32 Å². The van der Waals surface area contributed by atoms with Crippen molar-refractivity contribution in [3.8, 4) is 5.75 Å². The van der Waals surface area contributed by atoms with Crippen LogP contribution in [0.1, 0.15) is 30.1 Å². The van der Waals surface area contributed by atoms with E-state index < -0.39 is 0 Å². The molecule has 5 heteroatoms. The Hall–Kier alpha value is -0.550. The number of halogens is 2. The van der Waals surface area contributed by atoms with Crippen LogP contribution in [0.2, 0.25) is 0 Å². The average molecular weight is 393 g/mol. The molecule has 0 aromatic heterocycles. The molecule has 0 saturated carbocycles. The molecule has 3 nitrogen and oxygen atoms in total. The van der Waals surface area contributed by atoms with Gasteiger partial charge in [0.05, 0.1) is 12.7 Å². The number of rotatable bonds is 7. The third-order valence-corrected chi connectivity index (χ3v) is 4.43. The van der Waals surface area contributed by atoms with Crippen molar-refractivity contribution in [3.63, 3.8) is 0 Å². The van der Waals surface area contributed by atoms with Gasteiger partial charge in [0.1, 0.15) is 5.75 Å². The van der Waals surface area contributed by atoms with Gasteiger partial charge in [0, 0.05) is 16.3 Å². The Balaban J connectivity index is 2.49. The number of hydrogen-bond donors (Lipinski definition) is 1. The van der Waals surface area contributed by atoms with Gasteiger partial charge >= 0.3 is 0 Å². The molecule has 1 N–H and O–H groups in total. The Morgan fingerprint density at radius 2 is 2.21 bits per heavy atom. The molecule has 1 aromatic rings. The van der Waals surface area contributed by atoms with Gasteiger partial charge in [-0.05, 0) is 37.0 Å². The second-order valence-corrected chi connectivity index (χ2v) is 6.07. The third-order valence-electron chi connectivity index (χ3n) is 2.83. The van der Waals surface area contributed by atoms with Gasteiger partial charge < -0.3 is 10.1 Å². The summed E-state index contributed by atoms with van der Waals surface area (Å²) in [5, 5.41) is 3.92. The fraction of sp³-hybridized carbons (Fsp3) is 0.500. The zero-order chi connectivity index (χ0) is 14.3. The fourth-order valence-corrected chi connectivity index (χ4v) is 2.34. The van der Waals surface area contributed by atoms with Crippen molar-refractivity contribution in [1.29, 1.82) is 0 Å². The number of carbonyl (C=O) groups is 1. The number of ether oxygens (including phenoxy) is 1. The molecule has 0 radical (unpaired) electrons. The van der Waals surface area contributed by atoms with Crippen LogP contribution < -0.4 is 10.1 Å². The maximum absolute atomic E-state index is 12.0. The topological polar surface area (TPSA) is 38.3 Å². The molecule has 1 amide bonds. The Bertz CT molecular complexity index is 424. The zero-order valence-electron chi connectivity index (χ0n) is 11.2. The fourth-order valence-electron chi connectivity index (χ4n) is 1.68. The Morgan fingerprint density at radius 1 is 1.47 bits per heavy atom. The summed E-state index contributed by atoms with van der Waals surface area (Å²) in [5.74, 6) is 1.13. The lowest BCUT2D eigenvalue weighted by atomic mass is 10.1. The van der Waals surface area contributed by atoms with Gasteiger partial charge in [-0.25, -0.2) is 0 Å².